The van der Waals surface area contributed by atoms with E-state index in [0.29, 0.717) is 0 Å². The van der Waals surface area contributed by atoms with Gasteiger partial charge in [-0.2, -0.15) is 0 Å². The summed E-state index contributed by atoms with van der Waals surface area (Å²) < 4.78 is 0. The number of non-ortho nitro benzene ring substituents is 1. The predicted octanol–water partition coefficient (Wildman–Crippen LogP) is 0.573. The second kappa shape index (κ2) is 4.53. The van der Waals surface area contributed by atoms with Crippen molar-refractivity contribution in [1.82, 2.24) is 4.90 Å². The van der Waals surface area contributed by atoms with E-state index < -0.39 is 16.7 Å². The van der Waals surface area contributed by atoms with Crippen LogP contribution in [0.3, 0.4) is 0 Å². The fourth-order valence-electron chi connectivity index (χ4n) is 1.82. The molecule has 0 saturated heterocycles. The second-order valence-corrected chi connectivity index (χ2v) is 3.83. The molecule has 7 nitrogen and oxygen atoms in total. The first-order chi connectivity index (χ1) is 8.56. The standard InChI is InChI=1S/C11H10N2O5/c14-5-1-4-12-10(15)8-3-2-7(13(17)18)6-9(8)11(12)16/h2-3,6,14H,1,4-5H2. The Kier molecular flexibility index (Phi) is 3.07. The van der Waals surface area contributed by atoms with E-state index in [-0.39, 0.29) is 36.4 Å². The molecule has 0 fully saturated rings. The van der Waals surface area contributed by atoms with Crippen LogP contribution in [0.25, 0.3) is 0 Å². The molecule has 0 aromatic heterocycles. The smallest absolute Gasteiger partial charge is 0.270 e. The van der Waals surface area contributed by atoms with Crippen molar-refractivity contribution in [2.45, 2.75) is 6.42 Å². The number of aliphatic hydroxyl groups is 1. The van der Waals surface area contributed by atoms with Crippen molar-refractivity contribution in [2.75, 3.05) is 13.2 Å². The Bertz CT molecular complexity index is 540. The number of imide groups is 1. The Morgan fingerprint density at radius 3 is 2.50 bits per heavy atom. The normalized spacial score (nSPS) is 13.9. The van der Waals surface area contributed by atoms with E-state index in [1.165, 1.54) is 12.1 Å². The third kappa shape index (κ3) is 1.84. The van der Waals surface area contributed by atoms with E-state index in [2.05, 4.69) is 0 Å². The molecule has 94 valence electrons. The third-order valence-corrected chi connectivity index (χ3v) is 2.70. The maximum absolute atomic E-state index is 11.9. The summed E-state index contributed by atoms with van der Waals surface area (Å²) in [5.41, 5.74) is -0.00501. The molecule has 1 heterocycles. The number of hydrogen-bond acceptors (Lipinski definition) is 5. The zero-order valence-corrected chi connectivity index (χ0v) is 9.33. The van der Waals surface area contributed by atoms with Crippen LogP contribution in [-0.2, 0) is 0 Å². The molecule has 2 amide bonds. The number of fused-ring (bicyclic) bond motifs is 1. The maximum Gasteiger partial charge on any atom is 0.270 e. The summed E-state index contributed by atoms with van der Waals surface area (Å²) in [7, 11) is 0. The first-order valence-electron chi connectivity index (χ1n) is 5.31. The fraction of sp³-hybridized carbons (Fsp3) is 0.273. The number of hydrogen-bond donors (Lipinski definition) is 1. The van der Waals surface area contributed by atoms with Gasteiger partial charge < -0.3 is 5.11 Å². The minimum atomic E-state index is -0.617. The minimum Gasteiger partial charge on any atom is -0.396 e. The lowest BCUT2D eigenvalue weighted by Crippen LogP contribution is -2.31. The number of benzene rings is 1. The van der Waals surface area contributed by atoms with Crippen LogP contribution in [0.4, 0.5) is 5.69 Å². The van der Waals surface area contributed by atoms with Crippen LogP contribution in [0.2, 0.25) is 0 Å². The maximum atomic E-state index is 11.9. The lowest BCUT2D eigenvalue weighted by atomic mass is 10.1. The van der Waals surface area contributed by atoms with Crippen molar-refractivity contribution < 1.29 is 19.6 Å². The molecule has 1 aromatic rings. The van der Waals surface area contributed by atoms with Crippen LogP contribution in [0.5, 0.6) is 0 Å². The lowest BCUT2D eigenvalue weighted by molar-refractivity contribution is -0.384. The molecular weight excluding hydrogens is 240 g/mol. The van der Waals surface area contributed by atoms with Crippen molar-refractivity contribution >= 4 is 17.5 Å². The van der Waals surface area contributed by atoms with E-state index in [1.807, 2.05) is 0 Å². The fourth-order valence-corrected chi connectivity index (χ4v) is 1.82. The topological polar surface area (TPSA) is 101 Å². The number of nitrogens with zero attached hydrogens (tertiary/aromatic N) is 2. The number of amides is 2. The Morgan fingerprint density at radius 1 is 1.22 bits per heavy atom. The summed E-state index contributed by atoms with van der Waals surface area (Å²) in [6.07, 6.45) is 0.285. The minimum absolute atomic E-state index is 0.0483. The van der Waals surface area contributed by atoms with E-state index in [4.69, 9.17) is 5.11 Å². The number of nitro benzene ring substituents is 1. The highest BCUT2D eigenvalue weighted by Gasteiger charge is 2.36. The molecule has 1 aliphatic heterocycles. The predicted molar refractivity (Wildman–Crippen MR) is 60.2 cm³/mol. The number of aliphatic hydroxyl groups excluding tert-OH is 1. The van der Waals surface area contributed by atoms with Gasteiger partial charge in [-0.05, 0) is 12.5 Å². The first-order valence-corrected chi connectivity index (χ1v) is 5.31. The van der Waals surface area contributed by atoms with Crippen molar-refractivity contribution in [3.63, 3.8) is 0 Å². The average molecular weight is 250 g/mol. The Morgan fingerprint density at radius 2 is 1.89 bits per heavy atom. The Balaban J connectivity index is 2.36. The molecule has 0 saturated carbocycles. The van der Waals surface area contributed by atoms with E-state index in [1.54, 1.807) is 0 Å². The van der Waals surface area contributed by atoms with E-state index >= 15 is 0 Å². The molecule has 1 aliphatic rings. The highest BCUT2D eigenvalue weighted by molar-refractivity contribution is 6.21. The number of nitro groups is 1. The van der Waals surface area contributed by atoms with Gasteiger partial charge in [0.25, 0.3) is 17.5 Å². The van der Waals surface area contributed by atoms with E-state index in [9.17, 15) is 19.7 Å². The highest BCUT2D eigenvalue weighted by Crippen LogP contribution is 2.26. The number of carbonyl (C=O) groups excluding carboxylic acids is 2. The highest BCUT2D eigenvalue weighted by atomic mass is 16.6. The molecule has 2 rings (SSSR count). The summed E-state index contributed by atoms with van der Waals surface area (Å²) >= 11 is 0. The van der Waals surface area contributed by atoms with Crippen LogP contribution in [-0.4, -0.2) is 39.9 Å². The summed E-state index contributed by atoms with van der Waals surface area (Å²) in [6, 6.07) is 3.58. The number of carbonyl (C=O) groups is 2. The second-order valence-electron chi connectivity index (χ2n) is 3.83. The van der Waals surface area contributed by atoms with Gasteiger partial charge in [0.15, 0.2) is 0 Å². The van der Waals surface area contributed by atoms with Crippen LogP contribution in [0.15, 0.2) is 18.2 Å². The molecule has 0 atom stereocenters. The van der Waals surface area contributed by atoms with Gasteiger partial charge in [0.1, 0.15) is 0 Å². The summed E-state index contributed by atoms with van der Waals surface area (Å²) in [4.78, 5) is 34.7. The molecule has 0 bridgehead atoms. The zero-order valence-electron chi connectivity index (χ0n) is 9.33. The van der Waals surface area contributed by atoms with Crippen molar-refractivity contribution in [3.8, 4) is 0 Å². The molecule has 1 N–H and O–H groups in total. The molecule has 0 unspecified atom stereocenters. The molecular formula is C11H10N2O5. The van der Waals surface area contributed by atoms with Crippen LogP contribution in [0.1, 0.15) is 27.1 Å². The SMILES string of the molecule is O=C1c2ccc([N+](=O)[O-])cc2C(=O)N1CCCO. The molecule has 18 heavy (non-hydrogen) atoms. The summed E-state index contributed by atoms with van der Waals surface area (Å²) in [6.45, 7) is -0.0236. The van der Waals surface area contributed by atoms with Crippen LogP contribution < -0.4 is 0 Å². The van der Waals surface area contributed by atoms with Gasteiger partial charge in [-0.25, -0.2) is 0 Å². The summed E-state index contributed by atoms with van der Waals surface area (Å²) in [5, 5.41) is 19.3. The van der Waals surface area contributed by atoms with Gasteiger partial charge in [-0.3, -0.25) is 24.6 Å². The lowest BCUT2D eigenvalue weighted by Gasteiger charge is -2.11. The van der Waals surface area contributed by atoms with Crippen LogP contribution in [0, 0.1) is 10.1 Å². The third-order valence-electron chi connectivity index (χ3n) is 2.70. The van der Waals surface area contributed by atoms with E-state index in [0.717, 1.165) is 11.0 Å². The van der Waals surface area contributed by atoms with Gasteiger partial charge in [0, 0.05) is 25.3 Å². The van der Waals surface area contributed by atoms with Gasteiger partial charge in [-0.15, -0.1) is 0 Å². The molecule has 0 spiro atoms. The van der Waals surface area contributed by atoms with Gasteiger partial charge in [0.05, 0.1) is 16.1 Å². The average Bonchev–Trinajstić information content (AvgIpc) is 2.59. The van der Waals surface area contributed by atoms with Gasteiger partial charge in [0.2, 0.25) is 0 Å². The molecule has 0 radical (unpaired) electrons. The quantitative estimate of drug-likeness (QED) is 0.478. The van der Waals surface area contributed by atoms with Crippen molar-refractivity contribution in [1.29, 1.82) is 0 Å². The van der Waals surface area contributed by atoms with Crippen molar-refractivity contribution in [2.24, 2.45) is 0 Å². The van der Waals surface area contributed by atoms with Gasteiger partial charge in [-0.1, -0.05) is 0 Å². The Labute approximate surface area is 102 Å². The van der Waals surface area contributed by atoms with Gasteiger partial charge >= 0.3 is 0 Å². The first kappa shape index (κ1) is 12.2. The molecule has 7 heteroatoms. The number of rotatable bonds is 4. The Hall–Kier alpha value is -2.28. The summed E-state index contributed by atoms with van der Waals surface area (Å²) in [5.74, 6) is -1.02. The zero-order chi connectivity index (χ0) is 13.3. The van der Waals surface area contributed by atoms with Crippen LogP contribution >= 0.6 is 0 Å². The molecule has 1 aromatic carbocycles. The van der Waals surface area contributed by atoms with Crippen molar-refractivity contribution in [3.05, 3.63) is 39.4 Å². The molecule has 0 aliphatic carbocycles. The monoisotopic (exact) mass is 250 g/mol. The largest absolute Gasteiger partial charge is 0.396 e.